The minimum atomic E-state index is -1.35. The van der Waals surface area contributed by atoms with Gasteiger partial charge in [-0.2, -0.15) is 0 Å². The lowest BCUT2D eigenvalue weighted by molar-refractivity contribution is -0.0387. The van der Waals surface area contributed by atoms with E-state index in [-0.39, 0.29) is 35.0 Å². The van der Waals surface area contributed by atoms with Gasteiger partial charge < -0.3 is 9.84 Å². The van der Waals surface area contributed by atoms with E-state index in [1.54, 1.807) is 24.3 Å². The predicted molar refractivity (Wildman–Crippen MR) is 133 cm³/mol. The van der Waals surface area contributed by atoms with Crippen LogP contribution in [0.3, 0.4) is 0 Å². The number of H-pyrrole nitrogens is 1. The molecule has 0 radical (unpaired) electrons. The fraction of sp³-hybridized carbons (Fsp3) is 0.400. The van der Waals surface area contributed by atoms with Gasteiger partial charge in [-0.05, 0) is 36.4 Å². The molecule has 0 aliphatic heterocycles. The summed E-state index contributed by atoms with van der Waals surface area (Å²) in [6, 6.07) is 8.73. The maximum atomic E-state index is 15.8. The van der Waals surface area contributed by atoms with Crippen LogP contribution in [0.2, 0.25) is 25.7 Å². The number of hydrogen-bond donors (Lipinski definition) is 2. The lowest BCUT2D eigenvalue weighted by atomic mass is 9.75. The molecule has 0 atom stereocenters. The summed E-state index contributed by atoms with van der Waals surface area (Å²) in [7, 11) is -1.35. The van der Waals surface area contributed by atoms with E-state index >= 15 is 8.78 Å². The fourth-order valence-corrected chi connectivity index (χ4v) is 5.13. The molecule has 0 spiro atoms. The number of benzene rings is 2. The van der Waals surface area contributed by atoms with Gasteiger partial charge in [-0.25, -0.2) is 18.6 Å². The van der Waals surface area contributed by atoms with Gasteiger partial charge in [0.25, 0.3) is 0 Å². The fourth-order valence-electron chi connectivity index (χ4n) is 4.37. The lowest BCUT2D eigenvalue weighted by Gasteiger charge is -2.37. The first-order valence-electron chi connectivity index (χ1n) is 11.9. The van der Waals surface area contributed by atoms with Crippen molar-refractivity contribution in [1.82, 2.24) is 19.7 Å². The van der Waals surface area contributed by atoms with Crippen molar-refractivity contribution < 1.29 is 23.1 Å². The van der Waals surface area contributed by atoms with Crippen LogP contribution in [0.5, 0.6) is 0 Å². The monoisotopic (exact) mass is 514 g/mol. The summed E-state index contributed by atoms with van der Waals surface area (Å²) in [4.78, 5) is 18.3. The molecule has 36 heavy (non-hydrogen) atoms. The number of rotatable bonds is 8. The van der Waals surface area contributed by atoms with Crippen molar-refractivity contribution in [3.8, 4) is 22.8 Å². The van der Waals surface area contributed by atoms with Crippen molar-refractivity contribution in [3.63, 3.8) is 0 Å². The molecular formula is C25H28F2N4O4Si. The van der Waals surface area contributed by atoms with Crippen molar-refractivity contribution in [2.24, 2.45) is 0 Å². The number of aliphatic hydroxyl groups is 1. The molecule has 1 saturated carbocycles. The van der Waals surface area contributed by atoms with E-state index in [0.29, 0.717) is 25.0 Å². The third-order valence-electron chi connectivity index (χ3n) is 6.70. The molecule has 0 bridgehead atoms. The highest BCUT2D eigenvalue weighted by atomic mass is 28.3. The van der Waals surface area contributed by atoms with Crippen molar-refractivity contribution in [2.45, 2.75) is 57.3 Å². The average Bonchev–Trinajstić information content (AvgIpc) is 3.38. The Labute approximate surface area is 206 Å². The Balaban J connectivity index is 1.56. The van der Waals surface area contributed by atoms with Crippen LogP contribution >= 0.6 is 0 Å². The topological polar surface area (TPSA) is 106 Å². The van der Waals surface area contributed by atoms with Crippen LogP contribution in [0.4, 0.5) is 8.78 Å². The van der Waals surface area contributed by atoms with Gasteiger partial charge in [0.15, 0.2) is 11.6 Å². The zero-order valence-corrected chi connectivity index (χ0v) is 21.4. The minimum Gasteiger partial charge on any atom is -0.385 e. The third kappa shape index (κ3) is 4.53. The van der Waals surface area contributed by atoms with Crippen LogP contribution in [0, 0.1) is 11.6 Å². The largest absolute Gasteiger partial charge is 0.439 e. The molecule has 0 saturated heterocycles. The molecule has 11 heteroatoms. The first kappa shape index (κ1) is 24.5. The van der Waals surface area contributed by atoms with Crippen LogP contribution in [-0.2, 0) is 17.1 Å². The number of fused-ring (bicyclic) bond motifs is 1. The standard InChI is InChI=1S/C25H28F2N4O4Si/c1-36(2,3)12-11-34-14-31-18-13-17(26)19(15-5-7-16(8-6-15)25(33)9-4-10-25)20(27)21(18)28-23(31)22-29-24(32)35-30-22/h5-8,13,33H,4,9-12,14H2,1-3H3,(H,29,30,32). The highest BCUT2D eigenvalue weighted by molar-refractivity contribution is 6.76. The second kappa shape index (κ2) is 9.06. The third-order valence-corrected chi connectivity index (χ3v) is 8.40. The number of halogens is 2. The summed E-state index contributed by atoms with van der Waals surface area (Å²) >= 11 is 0. The van der Waals surface area contributed by atoms with E-state index in [4.69, 9.17) is 4.74 Å². The number of ether oxygens (including phenoxy) is 1. The normalized spacial score (nSPS) is 15.4. The van der Waals surface area contributed by atoms with Crippen molar-refractivity contribution in [3.05, 3.63) is 58.1 Å². The highest BCUT2D eigenvalue weighted by Crippen LogP contribution is 2.42. The predicted octanol–water partition coefficient (Wildman–Crippen LogP) is 5.01. The van der Waals surface area contributed by atoms with E-state index in [1.165, 1.54) is 10.6 Å². The maximum absolute atomic E-state index is 15.8. The van der Waals surface area contributed by atoms with Crippen LogP contribution in [0.15, 0.2) is 39.6 Å². The Kier molecular flexibility index (Phi) is 6.17. The van der Waals surface area contributed by atoms with Gasteiger partial charge in [0.2, 0.25) is 5.82 Å². The van der Waals surface area contributed by atoms with Crippen molar-refractivity contribution in [1.29, 1.82) is 0 Å². The molecule has 8 nitrogen and oxygen atoms in total. The Morgan fingerprint density at radius 1 is 1.22 bits per heavy atom. The van der Waals surface area contributed by atoms with E-state index in [2.05, 4.69) is 39.3 Å². The summed E-state index contributed by atoms with van der Waals surface area (Å²) in [5, 5.41) is 14.2. The molecule has 2 heterocycles. The van der Waals surface area contributed by atoms with Gasteiger partial charge in [-0.1, -0.05) is 49.1 Å². The summed E-state index contributed by atoms with van der Waals surface area (Å²) in [5.41, 5.74) is 0.0604. The van der Waals surface area contributed by atoms with Crippen LogP contribution < -0.4 is 5.76 Å². The minimum absolute atomic E-state index is 0.00977. The molecular weight excluding hydrogens is 486 g/mol. The summed E-state index contributed by atoms with van der Waals surface area (Å²) in [6.07, 6.45) is 2.29. The number of imidazole rings is 1. The quantitative estimate of drug-likeness (QED) is 0.253. The number of nitrogens with zero attached hydrogens (tertiary/aromatic N) is 3. The van der Waals surface area contributed by atoms with Gasteiger partial charge >= 0.3 is 5.76 Å². The number of nitrogens with one attached hydrogen (secondary N) is 1. The molecule has 2 aromatic heterocycles. The zero-order valence-electron chi connectivity index (χ0n) is 20.4. The molecule has 4 aromatic rings. The molecule has 0 amide bonds. The maximum Gasteiger partial charge on any atom is 0.439 e. The average molecular weight is 515 g/mol. The molecule has 190 valence electrons. The van der Waals surface area contributed by atoms with Crippen molar-refractivity contribution >= 4 is 19.1 Å². The van der Waals surface area contributed by atoms with Crippen LogP contribution in [0.25, 0.3) is 33.8 Å². The zero-order chi connectivity index (χ0) is 25.7. The molecule has 1 fully saturated rings. The van der Waals surface area contributed by atoms with E-state index in [1.807, 2.05) is 0 Å². The highest BCUT2D eigenvalue weighted by Gasteiger charge is 2.36. The lowest BCUT2D eigenvalue weighted by Crippen LogP contribution is -2.33. The smallest absolute Gasteiger partial charge is 0.385 e. The summed E-state index contributed by atoms with van der Waals surface area (Å²) < 4.78 is 43.0. The van der Waals surface area contributed by atoms with E-state index in [0.717, 1.165) is 18.0 Å². The molecule has 1 aliphatic carbocycles. The van der Waals surface area contributed by atoms with E-state index < -0.39 is 31.1 Å². The van der Waals surface area contributed by atoms with Gasteiger partial charge in [-0.15, -0.1) is 0 Å². The van der Waals surface area contributed by atoms with Crippen LogP contribution in [0.1, 0.15) is 24.8 Å². The van der Waals surface area contributed by atoms with Gasteiger partial charge in [0, 0.05) is 20.7 Å². The Morgan fingerprint density at radius 2 is 1.94 bits per heavy atom. The molecule has 2 N–H and O–H groups in total. The molecule has 0 unspecified atom stereocenters. The first-order chi connectivity index (χ1) is 17.1. The summed E-state index contributed by atoms with van der Waals surface area (Å²) in [5.74, 6) is -2.30. The molecule has 5 rings (SSSR count). The SMILES string of the molecule is C[Si](C)(C)CCOCn1c(-c2noc(=O)[nH]2)nc2c(F)c(-c3ccc(C4(O)CCC4)cc3)c(F)cc21. The molecule has 2 aromatic carbocycles. The number of aromatic amines is 1. The van der Waals surface area contributed by atoms with Crippen molar-refractivity contribution in [2.75, 3.05) is 6.61 Å². The summed E-state index contributed by atoms with van der Waals surface area (Å²) in [6.45, 7) is 7.11. The number of hydrogen-bond acceptors (Lipinski definition) is 6. The Bertz CT molecular complexity index is 1470. The van der Waals surface area contributed by atoms with E-state index in [9.17, 15) is 9.90 Å². The van der Waals surface area contributed by atoms with Crippen LogP contribution in [-0.4, -0.2) is 39.5 Å². The Hall–Kier alpha value is -3.15. The second-order valence-electron chi connectivity index (χ2n) is 10.5. The second-order valence-corrected chi connectivity index (χ2v) is 16.2. The first-order valence-corrected chi connectivity index (χ1v) is 15.6. The van der Waals surface area contributed by atoms with Gasteiger partial charge in [0.1, 0.15) is 18.1 Å². The van der Waals surface area contributed by atoms with Gasteiger partial charge in [0.05, 0.1) is 16.7 Å². The number of aromatic nitrogens is 4. The Morgan fingerprint density at radius 3 is 2.53 bits per heavy atom. The molecule has 1 aliphatic rings. The van der Waals surface area contributed by atoms with Gasteiger partial charge in [-0.3, -0.25) is 14.1 Å².